The molecule has 1 aromatic rings. The van der Waals surface area contributed by atoms with E-state index in [1.165, 1.54) is 17.7 Å². The molecule has 0 saturated carbocycles. The zero-order valence-electron chi connectivity index (χ0n) is 16.3. The van der Waals surface area contributed by atoms with Gasteiger partial charge in [0, 0.05) is 28.4 Å². The summed E-state index contributed by atoms with van der Waals surface area (Å²) in [5, 5.41) is 3.03. The van der Waals surface area contributed by atoms with E-state index >= 15 is 0 Å². The Balaban J connectivity index is 1.88. The van der Waals surface area contributed by atoms with Crippen LogP contribution in [0.5, 0.6) is 0 Å². The van der Waals surface area contributed by atoms with Crippen molar-refractivity contribution in [3.8, 4) is 0 Å². The third kappa shape index (κ3) is 6.23. The number of nitrogens with zero attached hydrogens (tertiary/aromatic N) is 2. The van der Waals surface area contributed by atoms with Crippen molar-refractivity contribution in [2.45, 2.75) is 62.1 Å². The minimum atomic E-state index is -0.0127. The molecule has 1 N–H and O–H groups in total. The number of carbonyl (C=O) groups is 1. The number of nitrogens with one attached hydrogen (secondary N) is 1. The maximum atomic E-state index is 12.5. The van der Waals surface area contributed by atoms with Gasteiger partial charge in [0.05, 0.1) is 0 Å². The van der Waals surface area contributed by atoms with E-state index in [4.69, 9.17) is 0 Å². The predicted molar refractivity (Wildman–Crippen MR) is 109 cm³/mol. The van der Waals surface area contributed by atoms with Crippen LogP contribution in [0.25, 0.3) is 0 Å². The highest BCUT2D eigenvalue weighted by atomic mass is 32.2. The van der Waals surface area contributed by atoms with Crippen LogP contribution in [0.15, 0.2) is 29.2 Å². The van der Waals surface area contributed by atoms with Gasteiger partial charge in [-0.25, -0.2) is 4.79 Å². The molecular formula is C20H33N3OS. The Hall–Kier alpha value is -1.20. The van der Waals surface area contributed by atoms with Crippen LogP contribution in [0.1, 0.15) is 46.5 Å². The molecule has 140 valence electrons. The van der Waals surface area contributed by atoms with Crippen molar-refractivity contribution in [2.75, 3.05) is 32.5 Å². The number of urea groups is 1. The van der Waals surface area contributed by atoms with E-state index in [0.717, 1.165) is 31.6 Å². The number of piperidine rings is 1. The average molecular weight is 364 g/mol. The second kappa shape index (κ2) is 8.95. The summed E-state index contributed by atoms with van der Waals surface area (Å²) in [6, 6.07) is 8.54. The van der Waals surface area contributed by atoms with Crippen LogP contribution in [-0.4, -0.2) is 53.8 Å². The predicted octanol–water partition coefficient (Wildman–Crippen LogP) is 4.92. The molecule has 2 rings (SSSR count). The Morgan fingerprint density at radius 3 is 2.44 bits per heavy atom. The Morgan fingerprint density at radius 1 is 1.28 bits per heavy atom. The van der Waals surface area contributed by atoms with E-state index in [9.17, 15) is 4.79 Å². The number of amides is 2. The molecule has 5 heteroatoms. The third-order valence-electron chi connectivity index (χ3n) is 4.91. The van der Waals surface area contributed by atoms with E-state index < -0.39 is 0 Å². The summed E-state index contributed by atoms with van der Waals surface area (Å²) in [5.41, 5.74) is 0.863. The van der Waals surface area contributed by atoms with Crippen molar-refractivity contribution in [3.05, 3.63) is 24.3 Å². The van der Waals surface area contributed by atoms with Gasteiger partial charge in [0.25, 0.3) is 0 Å². The lowest BCUT2D eigenvalue weighted by atomic mass is 10.0. The molecule has 1 fully saturated rings. The number of anilines is 1. The van der Waals surface area contributed by atoms with E-state index in [0.29, 0.717) is 6.04 Å². The van der Waals surface area contributed by atoms with Crippen molar-refractivity contribution in [2.24, 2.45) is 0 Å². The Morgan fingerprint density at radius 2 is 1.88 bits per heavy atom. The van der Waals surface area contributed by atoms with Crippen molar-refractivity contribution in [1.82, 2.24) is 9.80 Å². The minimum Gasteiger partial charge on any atom is -0.325 e. The summed E-state index contributed by atoms with van der Waals surface area (Å²) in [6.07, 6.45) is 4.47. The molecule has 0 aromatic heterocycles. The van der Waals surface area contributed by atoms with Gasteiger partial charge >= 0.3 is 6.03 Å². The summed E-state index contributed by atoms with van der Waals surface area (Å²) in [5.74, 6) is 0. The van der Waals surface area contributed by atoms with Gasteiger partial charge in [0.1, 0.15) is 0 Å². The topological polar surface area (TPSA) is 35.6 Å². The molecule has 0 atom stereocenters. The van der Waals surface area contributed by atoms with Crippen molar-refractivity contribution < 1.29 is 4.79 Å². The Bertz CT molecular complexity index is 551. The van der Waals surface area contributed by atoms with Crippen molar-refractivity contribution in [1.29, 1.82) is 0 Å². The highest BCUT2D eigenvalue weighted by Gasteiger charge is 2.24. The summed E-state index contributed by atoms with van der Waals surface area (Å²) in [4.78, 5) is 17.9. The minimum absolute atomic E-state index is 0.0127. The van der Waals surface area contributed by atoms with Crippen LogP contribution in [0.2, 0.25) is 0 Å². The molecule has 1 saturated heterocycles. The number of rotatable bonds is 6. The SMILES string of the molecule is CCCC(C)(C)Sc1ccc(NC(=O)N(C)C2CCN(C)CC2)cc1. The molecule has 4 nitrogen and oxygen atoms in total. The van der Waals surface area contributed by atoms with Gasteiger partial charge in [-0.2, -0.15) is 0 Å². The molecule has 2 amide bonds. The van der Waals surface area contributed by atoms with Crippen LogP contribution in [0.4, 0.5) is 10.5 Å². The van der Waals surface area contributed by atoms with Gasteiger partial charge < -0.3 is 15.1 Å². The molecule has 0 radical (unpaired) electrons. The second-order valence-corrected chi connectivity index (χ2v) is 9.49. The summed E-state index contributed by atoms with van der Waals surface area (Å²) in [6.45, 7) is 8.91. The first-order valence-electron chi connectivity index (χ1n) is 9.32. The molecule has 1 aliphatic rings. The number of thioether (sulfide) groups is 1. The molecular weight excluding hydrogens is 330 g/mol. The summed E-state index contributed by atoms with van der Waals surface area (Å²) in [7, 11) is 4.04. The molecule has 0 spiro atoms. The normalized spacial score (nSPS) is 16.7. The summed E-state index contributed by atoms with van der Waals surface area (Å²) < 4.78 is 0.244. The largest absolute Gasteiger partial charge is 0.325 e. The number of benzene rings is 1. The highest BCUT2D eigenvalue weighted by Crippen LogP contribution is 2.36. The van der Waals surface area contributed by atoms with Crippen molar-refractivity contribution in [3.63, 3.8) is 0 Å². The van der Waals surface area contributed by atoms with Crippen LogP contribution < -0.4 is 5.32 Å². The smallest absolute Gasteiger partial charge is 0.321 e. The van der Waals surface area contributed by atoms with E-state index in [2.05, 4.69) is 50.2 Å². The molecule has 1 aromatic carbocycles. The van der Waals surface area contributed by atoms with Crippen LogP contribution >= 0.6 is 11.8 Å². The zero-order chi connectivity index (χ0) is 18.4. The third-order valence-corrected chi connectivity index (χ3v) is 6.17. The fraction of sp³-hybridized carbons (Fsp3) is 0.650. The van der Waals surface area contributed by atoms with Gasteiger partial charge in [0.15, 0.2) is 0 Å². The molecule has 1 heterocycles. The number of likely N-dealkylation sites (tertiary alicyclic amines) is 1. The lowest BCUT2D eigenvalue weighted by Crippen LogP contribution is -2.46. The number of carbonyl (C=O) groups excluding carboxylic acids is 1. The number of hydrogen-bond donors (Lipinski definition) is 1. The van der Waals surface area contributed by atoms with E-state index in [-0.39, 0.29) is 10.8 Å². The lowest BCUT2D eigenvalue weighted by Gasteiger charge is -2.35. The first kappa shape index (κ1) is 20.1. The molecule has 0 bridgehead atoms. The Labute approximate surface area is 157 Å². The van der Waals surface area contributed by atoms with Crippen LogP contribution in [0.3, 0.4) is 0 Å². The highest BCUT2D eigenvalue weighted by molar-refractivity contribution is 8.00. The van der Waals surface area contributed by atoms with Crippen LogP contribution in [0, 0.1) is 0 Å². The van der Waals surface area contributed by atoms with Gasteiger partial charge in [0.2, 0.25) is 0 Å². The summed E-state index contributed by atoms with van der Waals surface area (Å²) >= 11 is 1.90. The average Bonchev–Trinajstić information content (AvgIpc) is 2.56. The van der Waals surface area contributed by atoms with Crippen molar-refractivity contribution >= 4 is 23.5 Å². The maximum absolute atomic E-state index is 12.5. The standard InChI is InChI=1S/C20H33N3OS/c1-6-13-20(2,3)25-18-9-7-16(8-10-18)21-19(24)23(5)17-11-14-22(4)15-12-17/h7-10,17H,6,11-15H2,1-5H3,(H,21,24). The molecule has 25 heavy (non-hydrogen) atoms. The maximum Gasteiger partial charge on any atom is 0.321 e. The van der Waals surface area contributed by atoms with E-state index in [1.807, 2.05) is 35.8 Å². The first-order chi connectivity index (χ1) is 11.8. The van der Waals surface area contributed by atoms with Gasteiger partial charge in [-0.3, -0.25) is 0 Å². The second-order valence-electron chi connectivity index (χ2n) is 7.71. The van der Waals surface area contributed by atoms with Gasteiger partial charge in [-0.1, -0.05) is 27.2 Å². The molecule has 0 aliphatic carbocycles. The number of hydrogen-bond acceptors (Lipinski definition) is 3. The monoisotopic (exact) mass is 363 g/mol. The fourth-order valence-electron chi connectivity index (χ4n) is 3.34. The van der Waals surface area contributed by atoms with Gasteiger partial charge in [-0.05, 0) is 63.7 Å². The zero-order valence-corrected chi connectivity index (χ0v) is 17.2. The molecule has 0 unspecified atom stereocenters. The Kier molecular flexibility index (Phi) is 7.20. The van der Waals surface area contributed by atoms with Gasteiger partial charge in [-0.15, -0.1) is 11.8 Å². The fourth-order valence-corrected chi connectivity index (χ4v) is 4.55. The quantitative estimate of drug-likeness (QED) is 0.729. The molecule has 1 aliphatic heterocycles. The van der Waals surface area contributed by atoms with E-state index in [1.54, 1.807) is 0 Å². The van der Waals surface area contributed by atoms with Crippen LogP contribution in [-0.2, 0) is 0 Å². The lowest BCUT2D eigenvalue weighted by molar-refractivity contribution is 0.156. The first-order valence-corrected chi connectivity index (χ1v) is 10.1.